The number of anilines is 3. The Morgan fingerprint density at radius 3 is 2.30 bits per heavy atom. The lowest BCUT2D eigenvalue weighted by Gasteiger charge is -2.29. The number of carboxylic acid groups (broad SMARTS) is 1. The van der Waals surface area contributed by atoms with Gasteiger partial charge in [-0.3, -0.25) is 4.79 Å². The first-order valence-corrected chi connectivity index (χ1v) is 12.3. The van der Waals surface area contributed by atoms with Crippen LogP contribution in [0.15, 0.2) is 54.6 Å². The van der Waals surface area contributed by atoms with Gasteiger partial charge < -0.3 is 15.3 Å². The van der Waals surface area contributed by atoms with Gasteiger partial charge in [0.2, 0.25) is 0 Å². The summed E-state index contributed by atoms with van der Waals surface area (Å²) in [4.78, 5) is 39.9. The molecule has 1 saturated heterocycles. The summed E-state index contributed by atoms with van der Waals surface area (Å²) in [6.45, 7) is 2.66. The molecule has 0 aliphatic carbocycles. The number of benzene rings is 3. The fourth-order valence-electron chi connectivity index (χ4n) is 4.22. The number of hydrogen-bond donors (Lipinski definition) is 2. The van der Waals surface area contributed by atoms with E-state index in [9.17, 15) is 27.6 Å². The molecule has 13 heteroatoms. The zero-order chi connectivity index (χ0) is 29.6. The van der Waals surface area contributed by atoms with Gasteiger partial charge in [-0.1, -0.05) is 23.2 Å². The number of imide groups is 1. The highest BCUT2D eigenvalue weighted by Crippen LogP contribution is 2.40. The number of alkyl halides is 3. The van der Waals surface area contributed by atoms with E-state index in [1.54, 1.807) is 0 Å². The van der Waals surface area contributed by atoms with Gasteiger partial charge in [0.05, 0.1) is 35.0 Å². The maximum absolute atomic E-state index is 13.6. The summed E-state index contributed by atoms with van der Waals surface area (Å²) in [7, 11) is 0. The topological polar surface area (TPSA) is 114 Å². The van der Waals surface area contributed by atoms with E-state index >= 15 is 0 Å². The van der Waals surface area contributed by atoms with Gasteiger partial charge in [0.25, 0.3) is 5.91 Å². The van der Waals surface area contributed by atoms with Crippen LogP contribution in [0.1, 0.15) is 40.9 Å². The molecule has 8 nitrogen and oxygen atoms in total. The highest BCUT2D eigenvalue weighted by atomic mass is 35.5. The molecule has 1 aliphatic heterocycles. The summed E-state index contributed by atoms with van der Waals surface area (Å²) in [5.41, 5.74) is -2.51. The molecule has 0 aromatic heterocycles. The summed E-state index contributed by atoms with van der Waals surface area (Å²) in [5.74, 6) is -1.88. The van der Waals surface area contributed by atoms with Crippen LogP contribution in [0.2, 0.25) is 10.0 Å². The molecule has 0 atom stereocenters. The van der Waals surface area contributed by atoms with Gasteiger partial charge in [-0.15, -0.1) is 0 Å². The van der Waals surface area contributed by atoms with E-state index in [0.717, 1.165) is 17.0 Å². The van der Waals surface area contributed by atoms with Crippen molar-refractivity contribution in [1.29, 1.82) is 5.26 Å². The average Bonchev–Trinajstić information content (AvgIpc) is 3.04. The van der Waals surface area contributed by atoms with E-state index in [1.807, 2.05) is 0 Å². The summed E-state index contributed by atoms with van der Waals surface area (Å²) in [6, 6.07) is 11.9. The van der Waals surface area contributed by atoms with E-state index in [1.165, 1.54) is 56.3 Å². The number of nitriles is 1. The zero-order valence-corrected chi connectivity index (χ0v) is 22.3. The molecule has 0 radical (unpaired) electrons. The van der Waals surface area contributed by atoms with Gasteiger partial charge in [0.15, 0.2) is 0 Å². The van der Waals surface area contributed by atoms with Crippen molar-refractivity contribution in [3.05, 3.63) is 86.9 Å². The average molecular weight is 591 g/mol. The second-order valence-electron chi connectivity index (χ2n) is 9.33. The van der Waals surface area contributed by atoms with Crippen molar-refractivity contribution in [3.8, 4) is 6.07 Å². The number of carboxylic acids is 1. The molecule has 4 rings (SSSR count). The number of nitrogens with one attached hydrogen (secondary N) is 1. The first-order chi connectivity index (χ1) is 18.6. The molecule has 0 spiro atoms. The maximum Gasteiger partial charge on any atom is 0.417 e. The molecule has 3 amide bonds. The Bertz CT molecular complexity index is 1580. The Morgan fingerprint density at radius 2 is 1.73 bits per heavy atom. The largest absolute Gasteiger partial charge is 0.478 e. The summed E-state index contributed by atoms with van der Waals surface area (Å²) in [6.07, 6.45) is -4.89. The van der Waals surface area contributed by atoms with Crippen LogP contribution in [0.4, 0.5) is 35.0 Å². The minimum Gasteiger partial charge on any atom is -0.478 e. The van der Waals surface area contributed by atoms with Gasteiger partial charge in [0, 0.05) is 27.0 Å². The van der Waals surface area contributed by atoms with Crippen LogP contribution in [0.5, 0.6) is 0 Å². The maximum atomic E-state index is 13.6. The van der Waals surface area contributed by atoms with Gasteiger partial charge in [0.1, 0.15) is 5.54 Å². The van der Waals surface area contributed by atoms with Crippen LogP contribution >= 0.6 is 23.2 Å². The van der Waals surface area contributed by atoms with Crippen LogP contribution in [0.3, 0.4) is 0 Å². The monoisotopic (exact) mass is 590 g/mol. The SMILES string of the molecule is CC1(C)C(=O)N(c2ccc(C#N)c(C(F)(F)F)c2)C(=O)N1Cc1c(Cl)cc(Cl)cc1Nc1ccc(C(=O)O)cc1. The summed E-state index contributed by atoms with van der Waals surface area (Å²) >= 11 is 12.7. The van der Waals surface area contributed by atoms with Gasteiger partial charge in [-0.2, -0.15) is 18.4 Å². The third-order valence-corrected chi connectivity index (χ3v) is 6.95. The van der Waals surface area contributed by atoms with E-state index in [0.29, 0.717) is 27.9 Å². The Labute approximate surface area is 236 Å². The second kappa shape index (κ2) is 10.4. The molecule has 1 fully saturated rings. The van der Waals surface area contributed by atoms with Crippen LogP contribution < -0.4 is 10.2 Å². The third kappa shape index (κ3) is 5.28. The molecule has 0 bridgehead atoms. The molecule has 3 aromatic rings. The predicted octanol–water partition coefficient (Wildman–Crippen LogP) is 7.07. The fourth-order valence-corrected chi connectivity index (χ4v) is 4.77. The molecule has 0 saturated carbocycles. The number of aromatic carboxylic acids is 1. The molecule has 0 unspecified atom stereocenters. The van der Waals surface area contributed by atoms with Gasteiger partial charge >= 0.3 is 18.2 Å². The number of rotatable bonds is 6. The van der Waals surface area contributed by atoms with Crippen LogP contribution in [0.25, 0.3) is 0 Å². The van der Waals surface area contributed by atoms with Gasteiger partial charge in [-0.25, -0.2) is 14.5 Å². The molecule has 40 heavy (non-hydrogen) atoms. The molecule has 1 aliphatic rings. The number of urea groups is 1. The number of carbonyl (C=O) groups is 3. The quantitative estimate of drug-likeness (QED) is 0.297. The van der Waals surface area contributed by atoms with E-state index in [4.69, 9.17) is 33.6 Å². The predicted molar refractivity (Wildman–Crippen MR) is 142 cm³/mol. The molecular weight excluding hydrogens is 572 g/mol. The molecular formula is C27H19Cl2F3N4O4. The van der Waals surface area contributed by atoms with Crippen LogP contribution in [0, 0.1) is 11.3 Å². The number of hydrogen-bond acceptors (Lipinski definition) is 5. The first kappa shape index (κ1) is 28.7. The van der Waals surface area contributed by atoms with Crippen LogP contribution in [-0.2, 0) is 17.5 Å². The number of halogens is 5. The van der Waals surface area contributed by atoms with Crippen LogP contribution in [-0.4, -0.2) is 33.5 Å². The van der Waals surface area contributed by atoms with Crippen molar-refractivity contribution in [1.82, 2.24) is 4.90 Å². The lowest BCUT2D eigenvalue weighted by Crippen LogP contribution is -2.43. The van der Waals surface area contributed by atoms with Crippen molar-refractivity contribution in [2.75, 3.05) is 10.2 Å². The summed E-state index contributed by atoms with van der Waals surface area (Å²) < 4.78 is 40.7. The molecule has 206 valence electrons. The minimum atomic E-state index is -4.89. The Hall–Kier alpha value is -4.27. The smallest absolute Gasteiger partial charge is 0.417 e. The molecule has 1 heterocycles. The molecule has 2 N–H and O–H groups in total. The highest BCUT2D eigenvalue weighted by Gasteiger charge is 2.52. The van der Waals surface area contributed by atoms with Crippen molar-refractivity contribution in [2.45, 2.75) is 32.1 Å². The lowest BCUT2D eigenvalue weighted by molar-refractivity contribution is -0.137. The van der Waals surface area contributed by atoms with Crippen molar-refractivity contribution >= 4 is 58.2 Å². The standard InChI is InChI=1S/C27H19Cl2F3N4O4/c1-26(2)24(39)36(18-8-5-15(12-33)20(11-18)27(30,31)32)25(40)35(26)13-19-21(29)9-16(28)10-22(19)34-17-6-3-14(4-7-17)23(37)38/h3-11,34H,13H2,1-2H3,(H,37,38). The fraction of sp³-hybridized carbons (Fsp3) is 0.185. The Balaban J connectivity index is 1.72. The number of amides is 3. The highest BCUT2D eigenvalue weighted by molar-refractivity contribution is 6.35. The third-order valence-electron chi connectivity index (χ3n) is 6.40. The first-order valence-electron chi connectivity index (χ1n) is 11.5. The van der Waals surface area contributed by atoms with Crippen molar-refractivity contribution < 1.29 is 32.7 Å². The van der Waals surface area contributed by atoms with Crippen molar-refractivity contribution in [3.63, 3.8) is 0 Å². The second-order valence-corrected chi connectivity index (χ2v) is 10.2. The summed E-state index contributed by atoms with van der Waals surface area (Å²) in [5, 5.41) is 21.7. The number of carbonyl (C=O) groups excluding carboxylic acids is 2. The normalized spacial score (nSPS) is 14.8. The molecule has 3 aromatic carbocycles. The zero-order valence-electron chi connectivity index (χ0n) is 20.8. The number of nitrogens with zero attached hydrogens (tertiary/aromatic N) is 3. The van der Waals surface area contributed by atoms with E-state index < -0.39 is 40.7 Å². The van der Waals surface area contributed by atoms with E-state index in [-0.39, 0.29) is 27.8 Å². The van der Waals surface area contributed by atoms with Gasteiger partial charge in [-0.05, 0) is 68.4 Å². The van der Waals surface area contributed by atoms with Crippen molar-refractivity contribution in [2.24, 2.45) is 0 Å². The van der Waals surface area contributed by atoms with E-state index in [2.05, 4.69) is 5.32 Å². The Kier molecular flexibility index (Phi) is 7.45. The minimum absolute atomic E-state index is 0.0643. The Morgan fingerprint density at radius 1 is 1.07 bits per heavy atom. The lowest BCUT2D eigenvalue weighted by atomic mass is 10.0.